The summed E-state index contributed by atoms with van der Waals surface area (Å²) in [7, 11) is -3.81. The molecule has 0 saturated carbocycles. The first-order valence-electron chi connectivity index (χ1n) is 8.56. The van der Waals surface area contributed by atoms with Crippen LogP contribution in [0.25, 0.3) is 10.2 Å². The summed E-state index contributed by atoms with van der Waals surface area (Å²) < 4.78 is 29.4. The number of fused-ring (bicyclic) bond motifs is 1. The monoisotopic (exact) mass is 521 g/mol. The van der Waals surface area contributed by atoms with Crippen LogP contribution >= 0.6 is 38.9 Å². The molecule has 152 valence electrons. The lowest BCUT2D eigenvalue weighted by atomic mass is 10.2. The SMILES string of the molecule is O=C(Nc1nc2ccc(Br)cc2s1)c1cccc(NS(=O)(=O)c2ccc(Cl)cc2)c1. The Hall–Kier alpha value is -2.46. The highest BCUT2D eigenvalue weighted by Crippen LogP contribution is 2.29. The van der Waals surface area contributed by atoms with E-state index in [1.54, 1.807) is 18.2 Å². The van der Waals surface area contributed by atoms with Gasteiger partial charge in [-0.15, -0.1) is 0 Å². The molecule has 3 aromatic carbocycles. The molecule has 0 aliphatic carbocycles. The average Bonchev–Trinajstić information content (AvgIpc) is 3.09. The highest BCUT2D eigenvalue weighted by Gasteiger charge is 2.16. The van der Waals surface area contributed by atoms with Crippen LogP contribution in [0.1, 0.15) is 10.4 Å². The molecule has 0 spiro atoms. The van der Waals surface area contributed by atoms with Crippen molar-refractivity contribution in [3.8, 4) is 0 Å². The molecule has 0 bridgehead atoms. The number of nitrogens with one attached hydrogen (secondary N) is 2. The van der Waals surface area contributed by atoms with Gasteiger partial charge in [0, 0.05) is 20.7 Å². The lowest BCUT2D eigenvalue weighted by Crippen LogP contribution is -2.15. The van der Waals surface area contributed by atoms with E-state index in [-0.39, 0.29) is 16.5 Å². The zero-order valence-corrected chi connectivity index (χ0v) is 19.1. The van der Waals surface area contributed by atoms with Crippen molar-refractivity contribution in [2.75, 3.05) is 10.0 Å². The lowest BCUT2D eigenvalue weighted by Gasteiger charge is -2.09. The number of nitrogens with zero attached hydrogens (tertiary/aromatic N) is 1. The summed E-state index contributed by atoms with van der Waals surface area (Å²) in [6.45, 7) is 0. The maximum absolute atomic E-state index is 12.6. The number of benzene rings is 3. The van der Waals surface area contributed by atoms with Crippen LogP contribution in [0, 0.1) is 0 Å². The molecule has 0 aliphatic rings. The van der Waals surface area contributed by atoms with Gasteiger partial charge < -0.3 is 0 Å². The standard InChI is InChI=1S/C20H13BrClN3O3S2/c21-13-4-9-17-18(11-13)29-20(23-17)24-19(26)12-2-1-3-15(10-12)25-30(27,28)16-7-5-14(22)6-8-16/h1-11,25H,(H,23,24,26). The average molecular weight is 523 g/mol. The Balaban J connectivity index is 1.53. The fraction of sp³-hybridized carbons (Fsp3) is 0. The molecular formula is C20H13BrClN3O3S2. The van der Waals surface area contributed by atoms with E-state index in [9.17, 15) is 13.2 Å². The van der Waals surface area contributed by atoms with Gasteiger partial charge in [0.05, 0.1) is 15.1 Å². The van der Waals surface area contributed by atoms with E-state index in [1.165, 1.54) is 41.7 Å². The number of hydrogen-bond acceptors (Lipinski definition) is 5. The lowest BCUT2D eigenvalue weighted by molar-refractivity contribution is 0.102. The minimum atomic E-state index is -3.81. The molecule has 1 heterocycles. The second kappa shape index (κ2) is 8.35. The number of carbonyl (C=O) groups excluding carboxylic acids is 1. The topological polar surface area (TPSA) is 88.2 Å². The molecule has 0 fully saturated rings. The second-order valence-corrected chi connectivity index (χ2v) is 10.3. The summed E-state index contributed by atoms with van der Waals surface area (Å²) >= 11 is 10.6. The van der Waals surface area contributed by atoms with Gasteiger partial charge in [0.15, 0.2) is 5.13 Å². The summed E-state index contributed by atoms with van der Waals surface area (Å²) in [6, 6.07) is 17.7. The fourth-order valence-corrected chi connectivity index (χ4v) is 5.26. The molecule has 1 aromatic heterocycles. The number of rotatable bonds is 5. The highest BCUT2D eigenvalue weighted by molar-refractivity contribution is 9.10. The van der Waals surface area contributed by atoms with Crippen LogP contribution in [0.4, 0.5) is 10.8 Å². The first-order chi connectivity index (χ1) is 14.3. The van der Waals surface area contributed by atoms with Crippen LogP contribution in [0.3, 0.4) is 0 Å². The van der Waals surface area contributed by atoms with Crippen molar-refractivity contribution in [2.24, 2.45) is 0 Å². The summed E-state index contributed by atoms with van der Waals surface area (Å²) in [5.74, 6) is -0.388. The molecule has 30 heavy (non-hydrogen) atoms. The minimum Gasteiger partial charge on any atom is -0.298 e. The first kappa shape index (κ1) is 20.8. The van der Waals surface area contributed by atoms with E-state index < -0.39 is 10.0 Å². The predicted octanol–water partition coefficient (Wildman–Crippen LogP) is 5.77. The quantitative estimate of drug-likeness (QED) is 0.348. The summed E-state index contributed by atoms with van der Waals surface area (Å²) in [4.78, 5) is 17.1. The van der Waals surface area contributed by atoms with E-state index in [0.29, 0.717) is 15.7 Å². The number of thiazole rings is 1. The van der Waals surface area contributed by atoms with Crippen LogP contribution in [-0.4, -0.2) is 19.3 Å². The zero-order chi connectivity index (χ0) is 21.3. The molecule has 0 atom stereocenters. The molecule has 0 aliphatic heterocycles. The van der Waals surface area contributed by atoms with Crippen LogP contribution < -0.4 is 10.0 Å². The number of sulfonamides is 1. The number of carbonyl (C=O) groups is 1. The third kappa shape index (κ3) is 4.65. The Bertz CT molecular complexity index is 1360. The van der Waals surface area contributed by atoms with Crippen molar-refractivity contribution in [3.63, 3.8) is 0 Å². The van der Waals surface area contributed by atoms with Gasteiger partial charge in [0.1, 0.15) is 0 Å². The van der Waals surface area contributed by atoms with E-state index in [4.69, 9.17) is 11.6 Å². The van der Waals surface area contributed by atoms with E-state index in [1.807, 2.05) is 18.2 Å². The van der Waals surface area contributed by atoms with Gasteiger partial charge in [0.25, 0.3) is 15.9 Å². The molecule has 10 heteroatoms. The Labute approximate surface area is 190 Å². The van der Waals surface area contributed by atoms with Crippen LogP contribution in [0.15, 0.2) is 76.1 Å². The normalized spacial score (nSPS) is 11.4. The number of hydrogen-bond donors (Lipinski definition) is 2. The Kier molecular flexibility index (Phi) is 5.79. The third-order valence-corrected chi connectivity index (χ3v) is 7.15. The number of amides is 1. The molecular weight excluding hydrogens is 510 g/mol. The third-order valence-electron chi connectivity index (χ3n) is 4.07. The van der Waals surface area contributed by atoms with Gasteiger partial charge in [-0.05, 0) is 60.7 Å². The van der Waals surface area contributed by atoms with Crippen molar-refractivity contribution < 1.29 is 13.2 Å². The molecule has 0 unspecified atom stereocenters. The Morgan fingerprint density at radius 1 is 1.03 bits per heavy atom. The largest absolute Gasteiger partial charge is 0.298 e. The number of halogens is 2. The Morgan fingerprint density at radius 2 is 1.80 bits per heavy atom. The van der Waals surface area contributed by atoms with E-state index in [2.05, 4.69) is 31.0 Å². The van der Waals surface area contributed by atoms with Gasteiger partial charge >= 0.3 is 0 Å². The maximum atomic E-state index is 12.6. The summed E-state index contributed by atoms with van der Waals surface area (Å²) in [5, 5.41) is 3.65. The van der Waals surface area contributed by atoms with Gasteiger partial charge in [0.2, 0.25) is 0 Å². The van der Waals surface area contributed by atoms with Gasteiger partial charge in [-0.1, -0.05) is 44.9 Å². The van der Waals surface area contributed by atoms with E-state index in [0.717, 1.165) is 14.7 Å². The maximum Gasteiger partial charge on any atom is 0.261 e. The molecule has 4 rings (SSSR count). The molecule has 2 N–H and O–H groups in total. The minimum absolute atomic E-state index is 0.0717. The van der Waals surface area contributed by atoms with Crippen molar-refractivity contribution >= 4 is 75.8 Å². The molecule has 1 amide bonds. The smallest absolute Gasteiger partial charge is 0.261 e. The van der Waals surface area contributed by atoms with Gasteiger partial charge in [-0.2, -0.15) is 0 Å². The number of aromatic nitrogens is 1. The highest BCUT2D eigenvalue weighted by atomic mass is 79.9. The van der Waals surface area contributed by atoms with Crippen LogP contribution in [0.2, 0.25) is 5.02 Å². The van der Waals surface area contributed by atoms with Crippen molar-refractivity contribution in [1.82, 2.24) is 4.98 Å². The van der Waals surface area contributed by atoms with Crippen molar-refractivity contribution in [3.05, 3.63) is 81.8 Å². The summed E-state index contributed by atoms with van der Waals surface area (Å²) in [6.07, 6.45) is 0. The molecule has 4 aromatic rings. The second-order valence-electron chi connectivity index (χ2n) is 6.23. The molecule has 6 nitrogen and oxygen atoms in total. The number of anilines is 2. The van der Waals surface area contributed by atoms with Crippen LogP contribution in [0.5, 0.6) is 0 Å². The van der Waals surface area contributed by atoms with Crippen molar-refractivity contribution in [2.45, 2.75) is 4.90 Å². The Morgan fingerprint density at radius 3 is 2.57 bits per heavy atom. The van der Waals surface area contributed by atoms with Gasteiger partial charge in [-0.3, -0.25) is 14.8 Å². The van der Waals surface area contributed by atoms with Gasteiger partial charge in [-0.25, -0.2) is 13.4 Å². The van der Waals surface area contributed by atoms with Crippen molar-refractivity contribution in [1.29, 1.82) is 0 Å². The fourth-order valence-electron chi connectivity index (χ4n) is 2.67. The predicted molar refractivity (Wildman–Crippen MR) is 124 cm³/mol. The van der Waals surface area contributed by atoms with Crippen LogP contribution in [-0.2, 0) is 10.0 Å². The first-order valence-corrected chi connectivity index (χ1v) is 12.0. The van der Waals surface area contributed by atoms with E-state index >= 15 is 0 Å². The summed E-state index contributed by atoms with van der Waals surface area (Å²) in [5.41, 5.74) is 1.35. The zero-order valence-electron chi connectivity index (χ0n) is 15.1. The molecule has 0 radical (unpaired) electrons. The molecule has 0 saturated heterocycles.